The second kappa shape index (κ2) is 6.90. The third-order valence-electron chi connectivity index (χ3n) is 4.81. The zero-order valence-corrected chi connectivity index (χ0v) is 16.2. The Balaban J connectivity index is 1.85. The van der Waals surface area contributed by atoms with E-state index in [2.05, 4.69) is 0 Å². The summed E-state index contributed by atoms with van der Waals surface area (Å²) in [5, 5.41) is 0. The number of hydrogen-bond acceptors (Lipinski definition) is 6. The summed E-state index contributed by atoms with van der Waals surface area (Å²) < 4.78 is 18.1. The van der Waals surface area contributed by atoms with Gasteiger partial charge in [-0.3, -0.25) is 9.59 Å². The first-order valence-electron chi connectivity index (χ1n) is 8.66. The van der Waals surface area contributed by atoms with E-state index in [0.717, 1.165) is 5.56 Å². The van der Waals surface area contributed by atoms with Crippen LogP contribution in [0.4, 0.5) is 11.4 Å². The molecule has 0 aromatic heterocycles. The van der Waals surface area contributed by atoms with E-state index < -0.39 is 22.6 Å². The third kappa shape index (κ3) is 2.92. The number of benzene rings is 3. The van der Waals surface area contributed by atoms with Crippen LogP contribution in [0.15, 0.2) is 53.4 Å². The highest BCUT2D eigenvalue weighted by Crippen LogP contribution is 2.38. The van der Waals surface area contributed by atoms with Crippen molar-refractivity contribution in [1.82, 2.24) is 0 Å². The SMILES string of the molecule is [B]c1c(N)c2c(c(N)c1OS(=O)c1ccc(C)cc1)C(=O)c1ccccc1C2=O. The normalized spacial score (nSPS) is 13.6. The standard InChI is InChI=1S/C21H15BN2O4S/c1-10-6-8-11(9-7-10)29(27)28-21-16(22)17(23)14-15(18(21)24)20(26)13-5-3-2-4-12(13)19(14)25/h2-9H,23-24H2,1H3. The molecule has 4 rings (SSSR count). The maximum Gasteiger partial charge on any atom is 0.240 e. The number of aryl methyl sites for hydroxylation is 1. The number of ketones is 2. The van der Waals surface area contributed by atoms with E-state index >= 15 is 0 Å². The molecule has 3 aromatic carbocycles. The van der Waals surface area contributed by atoms with Crippen molar-refractivity contribution in [1.29, 1.82) is 0 Å². The van der Waals surface area contributed by atoms with E-state index in [1.807, 2.05) is 6.92 Å². The molecular formula is C21H15BN2O4S. The number of nitrogens with two attached hydrogens (primary N) is 2. The highest BCUT2D eigenvalue weighted by atomic mass is 32.2. The predicted molar refractivity (Wildman–Crippen MR) is 112 cm³/mol. The molecule has 1 atom stereocenters. The van der Waals surface area contributed by atoms with Crippen molar-refractivity contribution in [2.24, 2.45) is 0 Å². The van der Waals surface area contributed by atoms with E-state index in [1.165, 1.54) is 6.07 Å². The van der Waals surface area contributed by atoms with Gasteiger partial charge in [-0.15, -0.1) is 0 Å². The lowest BCUT2D eigenvalue weighted by Gasteiger charge is -2.24. The number of carbonyl (C=O) groups excluding carboxylic acids is 2. The third-order valence-corrected chi connectivity index (χ3v) is 5.79. The van der Waals surface area contributed by atoms with Gasteiger partial charge in [-0.05, 0) is 24.5 Å². The van der Waals surface area contributed by atoms with Crippen molar-refractivity contribution in [2.75, 3.05) is 11.5 Å². The van der Waals surface area contributed by atoms with Crippen LogP contribution < -0.4 is 21.1 Å². The predicted octanol–water partition coefficient (Wildman–Crippen LogP) is 1.83. The molecule has 0 amide bonds. The highest BCUT2D eigenvalue weighted by Gasteiger charge is 2.35. The Kier molecular flexibility index (Phi) is 4.51. The van der Waals surface area contributed by atoms with Gasteiger partial charge >= 0.3 is 0 Å². The van der Waals surface area contributed by atoms with Gasteiger partial charge in [0.15, 0.2) is 17.3 Å². The van der Waals surface area contributed by atoms with Gasteiger partial charge in [0.25, 0.3) is 0 Å². The van der Waals surface area contributed by atoms with Crippen molar-refractivity contribution in [2.45, 2.75) is 11.8 Å². The molecule has 8 heteroatoms. The van der Waals surface area contributed by atoms with Crippen LogP contribution in [0.1, 0.15) is 37.4 Å². The van der Waals surface area contributed by atoms with E-state index in [9.17, 15) is 13.8 Å². The number of anilines is 2. The number of hydrogen-bond donors (Lipinski definition) is 2. The Labute approximate surface area is 170 Å². The molecule has 0 saturated carbocycles. The van der Waals surface area contributed by atoms with Crippen molar-refractivity contribution in [3.05, 3.63) is 76.3 Å². The molecule has 1 aliphatic rings. The summed E-state index contributed by atoms with van der Waals surface area (Å²) in [6, 6.07) is 13.2. The zero-order chi connectivity index (χ0) is 20.9. The summed E-state index contributed by atoms with van der Waals surface area (Å²) in [6.07, 6.45) is 0. The minimum Gasteiger partial charge on any atom is -0.398 e. The Morgan fingerprint density at radius 3 is 1.93 bits per heavy atom. The van der Waals surface area contributed by atoms with E-state index in [0.29, 0.717) is 4.90 Å². The Morgan fingerprint density at radius 2 is 1.38 bits per heavy atom. The van der Waals surface area contributed by atoms with Crippen LogP contribution in [-0.2, 0) is 11.1 Å². The molecule has 0 bridgehead atoms. The molecule has 3 aromatic rings. The molecule has 6 nitrogen and oxygen atoms in total. The summed E-state index contributed by atoms with van der Waals surface area (Å²) in [5.74, 6) is -1.09. The monoisotopic (exact) mass is 402 g/mol. The smallest absolute Gasteiger partial charge is 0.240 e. The van der Waals surface area contributed by atoms with Gasteiger partial charge < -0.3 is 15.7 Å². The molecular weight excluding hydrogens is 387 g/mol. The molecule has 29 heavy (non-hydrogen) atoms. The second-order valence-electron chi connectivity index (χ2n) is 6.66. The number of nitrogen functional groups attached to an aromatic ring is 2. The Morgan fingerprint density at radius 1 is 0.862 bits per heavy atom. The summed E-state index contributed by atoms with van der Waals surface area (Å²) >= 11 is -1.95. The molecule has 0 aliphatic heterocycles. The number of rotatable bonds is 3. The molecule has 142 valence electrons. The minimum atomic E-state index is -1.95. The van der Waals surface area contributed by atoms with E-state index in [-0.39, 0.29) is 44.8 Å². The average molecular weight is 402 g/mol. The van der Waals surface area contributed by atoms with E-state index in [4.69, 9.17) is 23.5 Å². The number of carbonyl (C=O) groups is 2. The first-order valence-corrected chi connectivity index (χ1v) is 9.74. The van der Waals surface area contributed by atoms with Gasteiger partial charge in [0.1, 0.15) is 7.85 Å². The molecule has 1 aliphatic carbocycles. The fourth-order valence-corrected chi connectivity index (χ4v) is 4.05. The van der Waals surface area contributed by atoms with Crippen LogP contribution in [0.25, 0.3) is 0 Å². The Bertz CT molecular complexity index is 1220. The summed E-state index contributed by atoms with van der Waals surface area (Å²) in [7, 11) is 6.06. The summed E-state index contributed by atoms with van der Waals surface area (Å²) in [4.78, 5) is 26.3. The van der Waals surface area contributed by atoms with Crippen LogP contribution in [-0.4, -0.2) is 23.6 Å². The second-order valence-corrected chi connectivity index (χ2v) is 7.76. The Hall–Kier alpha value is -3.39. The van der Waals surface area contributed by atoms with Crippen LogP contribution in [0.3, 0.4) is 0 Å². The van der Waals surface area contributed by atoms with Gasteiger partial charge in [-0.1, -0.05) is 42.0 Å². The summed E-state index contributed by atoms with van der Waals surface area (Å²) in [5.41, 5.74) is 13.1. The lowest BCUT2D eigenvalue weighted by atomic mass is 9.78. The molecule has 0 saturated heterocycles. The van der Waals surface area contributed by atoms with Gasteiger partial charge in [-0.25, -0.2) is 4.21 Å². The van der Waals surface area contributed by atoms with Gasteiger partial charge in [0.2, 0.25) is 11.1 Å². The summed E-state index contributed by atoms with van der Waals surface area (Å²) in [6.45, 7) is 1.90. The number of fused-ring (bicyclic) bond motifs is 2. The molecule has 2 radical (unpaired) electrons. The van der Waals surface area contributed by atoms with Crippen molar-refractivity contribution >= 4 is 47.3 Å². The van der Waals surface area contributed by atoms with E-state index in [1.54, 1.807) is 42.5 Å². The lowest BCUT2D eigenvalue weighted by molar-refractivity contribution is 0.0980. The molecule has 1 unspecified atom stereocenters. The lowest BCUT2D eigenvalue weighted by Crippen LogP contribution is -2.29. The minimum absolute atomic E-state index is 0.0582. The molecule has 0 fully saturated rings. The fourth-order valence-electron chi connectivity index (χ4n) is 3.27. The van der Waals surface area contributed by atoms with Crippen LogP contribution in [0.5, 0.6) is 5.75 Å². The van der Waals surface area contributed by atoms with Crippen molar-refractivity contribution in [3.63, 3.8) is 0 Å². The first-order chi connectivity index (χ1) is 13.8. The topological polar surface area (TPSA) is 112 Å². The largest absolute Gasteiger partial charge is 0.398 e. The van der Waals surface area contributed by atoms with Crippen LogP contribution >= 0.6 is 0 Å². The van der Waals surface area contributed by atoms with Crippen LogP contribution in [0, 0.1) is 6.92 Å². The zero-order valence-electron chi connectivity index (χ0n) is 15.4. The van der Waals surface area contributed by atoms with Crippen molar-refractivity contribution < 1.29 is 18.0 Å². The highest BCUT2D eigenvalue weighted by molar-refractivity contribution is 7.80. The van der Waals surface area contributed by atoms with Gasteiger partial charge in [0.05, 0.1) is 21.7 Å². The first kappa shape index (κ1) is 19.0. The van der Waals surface area contributed by atoms with Gasteiger partial charge in [0, 0.05) is 16.8 Å². The van der Waals surface area contributed by atoms with Crippen molar-refractivity contribution in [3.8, 4) is 5.75 Å². The van der Waals surface area contributed by atoms with Gasteiger partial charge in [-0.2, -0.15) is 0 Å². The fraction of sp³-hybridized carbons (Fsp3) is 0.0476. The molecule has 4 N–H and O–H groups in total. The maximum absolute atomic E-state index is 13.0. The quantitative estimate of drug-likeness (QED) is 0.399. The molecule has 0 heterocycles. The maximum atomic E-state index is 13.0. The molecule has 0 spiro atoms. The van der Waals surface area contributed by atoms with Crippen LogP contribution in [0.2, 0.25) is 0 Å². The average Bonchev–Trinajstić information content (AvgIpc) is 2.72.